The monoisotopic (exact) mass is 759 g/mol. The summed E-state index contributed by atoms with van der Waals surface area (Å²) < 4.78 is 67.9. The van der Waals surface area contributed by atoms with Crippen molar-refractivity contribution in [3.8, 4) is 0 Å². The zero-order chi connectivity index (χ0) is 35.2. The molecule has 0 saturated carbocycles. The highest BCUT2D eigenvalue weighted by Crippen LogP contribution is 2.58. The number of phosphoric ester groups is 3. The van der Waals surface area contributed by atoms with Crippen molar-refractivity contribution in [2.75, 3.05) is 18.9 Å². The zero-order valence-electron chi connectivity index (χ0n) is 23.9. The molecule has 0 spiro atoms. The van der Waals surface area contributed by atoms with Crippen molar-refractivity contribution in [1.82, 2.24) is 19.5 Å². The Morgan fingerprint density at radius 2 is 1.69 bits per heavy atom. The van der Waals surface area contributed by atoms with Gasteiger partial charge in [-0.15, -0.1) is 0 Å². The quantitative estimate of drug-likeness (QED) is 0.0640. The molecule has 0 radical (unpaired) electrons. The molecule has 2 aliphatic rings. The van der Waals surface area contributed by atoms with E-state index in [0.717, 1.165) is 17.2 Å². The number of ether oxygens (including phenoxy) is 2. The molecular formula is C22H32N7O17P3. The normalized spacial score (nSPS) is 29.7. The van der Waals surface area contributed by atoms with Crippen LogP contribution in [-0.2, 0) is 41.1 Å². The second kappa shape index (κ2) is 14.8. The van der Waals surface area contributed by atoms with E-state index in [9.17, 15) is 53.4 Å². The SMILES string of the molecule is C.NC(=O)c1ccc[n+]([C@@H]2O[C@H](COP(=O)([O-])OP(=O)(O)OC[C@H]3O[C@@H](n4cnc5c(N)ncnc54)[C@@H](OP(=O)(O)O)C3O)C(O)[C@@H]2O)c1. The average Bonchev–Trinajstić information content (AvgIpc) is 3.64. The van der Waals surface area contributed by atoms with E-state index < -0.39 is 91.7 Å². The summed E-state index contributed by atoms with van der Waals surface area (Å²) in [7, 11) is -16.6. The first-order chi connectivity index (χ1) is 22.4. The largest absolute Gasteiger partial charge is 0.756 e. The van der Waals surface area contributed by atoms with Gasteiger partial charge in [-0.1, -0.05) is 7.43 Å². The molecule has 27 heteroatoms. The summed E-state index contributed by atoms with van der Waals surface area (Å²) in [6.45, 7) is -2.12. The van der Waals surface area contributed by atoms with Crippen LogP contribution in [0.2, 0.25) is 0 Å². The number of imidazole rings is 1. The van der Waals surface area contributed by atoms with Crippen LogP contribution in [0.15, 0.2) is 37.2 Å². The number of rotatable bonds is 13. The van der Waals surface area contributed by atoms with Gasteiger partial charge in [-0.3, -0.25) is 23.0 Å². The summed E-state index contributed by atoms with van der Waals surface area (Å²) in [6.07, 6.45) is -8.59. The fraction of sp³-hybridized carbons (Fsp3) is 0.500. The number of fused-ring (bicyclic) bond motifs is 1. The minimum atomic E-state index is -5.72. The van der Waals surface area contributed by atoms with Crippen LogP contribution in [0.25, 0.3) is 11.2 Å². The minimum Gasteiger partial charge on any atom is -0.756 e. The third kappa shape index (κ3) is 8.90. The number of hydrogen-bond acceptors (Lipinski definition) is 18. The number of nitrogens with two attached hydrogens (primary N) is 2. The Hall–Kier alpha value is -2.86. The Morgan fingerprint density at radius 3 is 2.37 bits per heavy atom. The van der Waals surface area contributed by atoms with E-state index >= 15 is 0 Å². The lowest BCUT2D eigenvalue weighted by atomic mass is 10.1. The van der Waals surface area contributed by atoms with E-state index in [-0.39, 0.29) is 30.0 Å². The molecule has 3 aromatic rings. The molecule has 2 fully saturated rings. The molecule has 3 aromatic heterocycles. The fourth-order valence-electron chi connectivity index (χ4n) is 4.82. The highest BCUT2D eigenvalue weighted by atomic mass is 31.3. The Balaban J connectivity index is 0.00000541. The van der Waals surface area contributed by atoms with E-state index in [1.54, 1.807) is 0 Å². The number of pyridine rings is 1. The highest BCUT2D eigenvalue weighted by molar-refractivity contribution is 7.60. The number of aliphatic hydroxyl groups is 3. The van der Waals surface area contributed by atoms with Gasteiger partial charge in [-0.25, -0.2) is 28.4 Å². The lowest BCUT2D eigenvalue weighted by molar-refractivity contribution is -0.765. The summed E-state index contributed by atoms with van der Waals surface area (Å²) in [5.41, 5.74) is 11.1. The van der Waals surface area contributed by atoms with E-state index in [1.165, 1.54) is 29.1 Å². The van der Waals surface area contributed by atoms with Crippen LogP contribution >= 0.6 is 23.5 Å². The number of carbonyl (C=O) groups is 1. The molecule has 2 saturated heterocycles. The molecule has 0 bridgehead atoms. The Bertz CT molecular complexity index is 1810. The Labute approximate surface area is 275 Å². The van der Waals surface area contributed by atoms with Crippen molar-refractivity contribution in [3.05, 3.63) is 42.7 Å². The predicted octanol–water partition coefficient (Wildman–Crippen LogP) is -2.89. The number of anilines is 1. The van der Waals surface area contributed by atoms with Crippen molar-refractivity contribution in [3.63, 3.8) is 0 Å². The van der Waals surface area contributed by atoms with Crippen molar-refractivity contribution in [2.24, 2.45) is 5.73 Å². The second-order valence-corrected chi connectivity index (χ2v) is 14.4. The van der Waals surface area contributed by atoms with Crippen LogP contribution in [-0.4, -0.2) is 105 Å². The van der Waals surface area contributed by atoms with Gasteiger partial charge in [0.2, 0.25) is 0 Å². The standard InChI is InChI=1S/C21H28N7O17P3.CH4/c22-17-12-19(25-7-24-17)28(8-26-12)21-16(44-46(33,34)35)14(30)11(43-21)6-41-48(38,39)45-47(36,37)40-5-10-13(29)15(31)20(42-10)27-3-1-2-9(4-27)18(23)32;/h1-4,7-8,10-11,13-16,20-21,29-31H,5-6H2,(H7-,22,23,24,25,32,33,34,35,36,37,38,39);1H4/t10-,11-,13?,14?,15+,16+,20-,21-;/m1./s1. The van der Waals surface area contributed by atoms with Gasteiger partial charge >= 0.3 is 15.6 Å². The zero-order valence-corrected chi connectivity index (χ0v) is 26.6. The van der Waals surface area contributed by atoms with Crippen molar-refractivity contribution in [2.45, 2.75) is 56.5 Å². The van der Waals surface area contributed by atoms with Gasteiger partial charge in [0.05, 0.1) is 19.5 Å². The number of primary amides is 1. The van der Waals surface area contributed by atoms with Gasteiger partial charge in [-0.2, -0.15) is 4.57 Å². The maximum atomic E-state index is 12.5. The highest BCUT2D eigenvalue weighted by Gasteiger charge is 2.51. The molecule has 4 unspecified atom stereocenters. The number of amides is 1. The first-order valence-corrected chi connectivity index (χ1v) is 17.8. The first kappa shape index (κ1) is 38.9. The summed E-state index contributed by atoms with van der Waals surface area (Å²) >= 11 is 0. The van der Waals surface area contributed by atoms with Crippen LogP contribution in [0.5, 0.6) is 0 Å². The van der Waals surface area contributed by atoms with Crippen LogP contribution < -0.4 is 20.9 Å². The number of aliphatic hydroxyl groups excluding tert-OH is 3. The first-order valence-electron chi connectivity index (χ1n) is 13.3. The molecular weight excluding hydrogens is 727 g/mol. The maximum absolute atomic E-state index is 12.5. The van der Waals surface area contributed by atoms with Crippen LogP contribution in [0.3, 0.4) is 0 Å². The third-order valence-corrected chi connectivity index (χ3v) is 10.1. The predicted molar refractivity (Wildman–Crippen MR) is 155 cm³/mol. The molecule has 0 aliphatic carbocycles. The van der Waals surface area contributed by atoms with Gasteiger partial charge in [0.15, 0.2) is 36.2 Å². The topological polar surface area (TPSA) is 368 Å². The lowest BCUT2D eigenvalue weighted by Crippen LogP contribution is -2.46. The summed E-state index contributed by atoms with van der Waals surface area (Å²) in [6, 6.07) is 2.77. The lowest BCUT2D eigenvalue weighted by Gasteiger charge is -2.26. The molecule has 24 nitrogen and oxygen atoms in total. The third-order valence-electron chi connectivity index (χ3n) is 6.97. The summed E-state index contributed by atoms with van der Waals surface area (Å²) in [5.74, 6) is -0.862. The Morgan fingerprint density at radius 1 is 1.02 bits per heavy atom. The number of hydrogen-bond donors (Lipinski definition) is 8. The number of nitrogen functional groups attached to an aromatic ring is 1. The number of carbonyl (C=O) groups excluding carboxylic acids is 1. The fourth-order valence-corrected chi connectivity index (χ4v) is 7.42. The van der Waals surface area contributed by atoms with Gasteiger partial charge in [0, 0.05) is 6.07 Å². The molecule has 5 heterocycles. The smallest absolute Gasteiger partial charge is 0.478 e. The van der Waals surface area contributed by atoms with Gasteiger partial charge < -0.3 is 60.4 Å². The molecule has 10 atom stereocenters. The average molecular weight is 759 g/mol. The van der Waals surface area contributed by atoms with Crippen molar-refractivity contribution < 1.29 is 85.3 Å². The van der Waals surface area contributed by atoms with Gasteiger partial charge in [0.1, 0.15) is 47.9 Å². The van der Waals surface area contributed by atoms with Crippen LogP contribution in [0.4, 0.5) is 5.82 Å². The minimum absolute atomic E-state index is 0. The van der Waals surface area contributed by atoms with E-state index in [1.807, 2.05) is 0 Å². The molecule has 2 aliphatic heterocycles. The van der Waals surface area contributed by atoms with E-state index in [2.05, 4.69) is 32.8 Å². The van der Waals surface area contributed by atoms with Crippen molar-refractivity contribution in [1.29, 1.82) is 0 Å². The molecule has 272 valence electrons. The maximum Gasteiger partial charge on any atom is 0.478 e. The van der Waals surface area contributed by atoms with E-state index in [0.29, 0.717) is 0 Å². The van der Waals surface area contributed by atoms with Gasteiger partial charge in [-0.05, 0) is 6.07 Å². The van der Waals surface area contributed by atoms with Crippen LogP contribution in [0, 0.1) is 0 Å². The number of nitrogens with zero attached hydrogens (tertiary/aromatic N) is 5. The molecule has 0 aromatic carbocycles. The molecule has 1 amide bonds. The molecule has 10 N–H and O–H groups in total. The van der Waals surface area contributed by atoms with Crippen LogP contribution in [0.1, 0.15) is 30.2 Å². The summed E-state index contributed by atoms with van der Waals surface area (Å²) in [5, 5.41) is 31.5. The van der Waals surface area contributed by atoms with E-state index in [4.69, 9.17) is 20.9 Å². The molecule has 49 heavy (non-hydrogen) atoms. The molecule has 5 rings (SSSR count). The number of phosphoric acid groups is 3. The summed E-state index contributed by atoms with van der Waals surface area (Å²) in [4.78, 5) is 64.4. The van der Waals surface area contributed by atoms with Gasteiger partial charge in [0.25, 0.3) is 20.0 Å². The Kier molecular flexibility index (Phi) is 11.7. The second-order valence-electron chi connectivity index (χ2n) is 10.2. The van der Waals surface area contributed by atoms with Crippen molar-refractivity contribution >= 4 is 46.4 Å². The number of aromatic nitrogens is 5.